The second-order valence-corrected chi connectivity index (χ2v) is 6.06. The summed E-state index contributed by atoms with van der Waals surface area (Å²) in [6.07, 6.45) is 4.59. The second kappa shape index (κ2) is 4.41. The summed E-state index contributed by atoms with van der Waals surface area (Å²) in [5.74, 6) is 0.356. The van der Waals surface area contributed by atoms with Gasteiger partial charge < -0.3 is 0 Å². The fourth-order valence-electron chi connectivity index (χ4n) is 3.86. The molecule has 0 radical (unpaired) electrons. The molecule has 1 atom stereocenters. The van der Waals surface area contributed by atoms with Crippen LogP contribution in [0.3, 0.4) is 0 Å². The first-order valence-corrected chi connectivity index (χ1v) is 7.79. The minimum absolute atomic E-state index is 0.356. The van der Waals surface area contributed by atoms with Crippen LogP contribution in [0.1, 0.15) is 22.6 Å². The van der Waals surface area contributed by atoms with Crippen molar-refractivity contribution in [3.63, 3.8) is 0 Å². The van der Waals surface area contributed by atoms with Crippen LogP contribution in [-0.2, 0) is 6.54 Å². The molecule has 3 aromatic rings. The topological polar surface area (TPSA) is 3.01 Å². The Morgan fingerprint density at radius 1 is 0.818 bits per heavy atom. The standard InChI is InChI=1S/C21H16N/c1-3-9-17-15(6-1)8-5-11-19(17)20-12-13-22-14-16-7-2-4-10-18(16)21(20)22/h1-13,20H,14H2/q+1. The van der Waals surface area contributed by atoms with Crippen molar-refractivity contribution in [2.24, 2.45) is 0 Å². The van der Waals surface area contributed by atoms with Gasteiger partial charge in [-0.25, -0.2) is 0 Å². The predicted molar refractivity (Wildman–Crippen MR) is 90.3 cm³/mol. The summed E-state index contributed by atoms with van der Waals surface area (Å²) in [4.78, 5) is 0. The van der Waals surface area contributed by atoms with E-state index in [0.29, 0.717) is 5.92 Å². The molecule has 0 amide bonds. The first kappa shape index (κ1) is 11.9. The molecule has 3 aromatic carbocycles. The molecule has 0 N–H and O–H groups in total. The van der Waals surface area contributed by atoms with Gasteiger partial charge in [-0.05, 0) is 28.5 Å². The predicted octanol–water partition coefficient (Wildman–Crippen LogP) is 4.47. The van der Waals surface area contributed by atoms with Crippen LogP contribution in [-0.4, -0.2) is 10.3 Å². The van der Waals surface area contributed by atoms with Gasteiger partial charge in [-0.2, -0.15) is 4.58 Å². The molecule has 2 aliphatic rings. The third-order valence-electron chi connectivity index (χ3n) is 4.85. The highest BCUT2D eigenvalue weighted by atomic mass is 15.0. The summed E-state index contributed by atoms with van der Waals surface area (Å²) in [6, 6.07) is 24.1. The van der Waals surface area contributed by atoms with E-state index in [2.05, 4.69) is 83.6 Å². The van der Waals surface area contributed by atoms with Crippen molar-refractivity contribution in [1.29, 1.82) is 0 Å². The highest BCUT2D eigenvalue weighted by Crippen LogP contribution is 2.36. The van der Waals surface area contributed by atoms with Gasteiger partial charge >= 0.3 is 0 Å². The fourth-order valence-corrected chi connectivity index (χ4v) is 3.86. The third-order valence-corrected chi connectivity index (χ3v) is 4.85. The van der Waals surface area contributed by atoms with Crippen LogP contribution in [0.4, 0.5) is 0 Å². The van der Waals surface area contributed by atoms with E-state index in [-0.39, 0.29) is 0 Å². The number of benzene rings is 3. The third kappa shape index (κ3) is 1.57. The van der Waals surface area contributed by atoms with Crippen molar-refractivity contribution in [2.45, 2.75) is 12.5 Å². The largest absolute Gasteiger partial charge is 0.201 e. The van der Waals surface area contributed by atoms with E-state index in [1.165, 1.54) is 33.2 Å². The van der Waals surface area contributed by atoms with Crippen LogP contribution in [0.25, 0.3) is 10.8 Å². The van der Waals surface area contributed by atoms with Crippen LogP contribution < -0.4 is 0 Å². The van der Waals surface area contributed by atoms with E-state index in [1.807, 2.05) is 0 Å². The summed E-state index contributed by atoms with van der Waals surface area (Å²) >= 11 is 0. The number of fused-ring (bicyclic) bond motifs is 3. The Balaban J connectivity index is 1.72. The van der Waals surface area contributed by atoms with Gasteiger partial charge in [0, 0.05) is 5.56 Å². The Morgan fingerprint density at radius 2 is 1.64 bits per heavy atom. The van der Waals surface area contributed by atoms with Crippen LogP contribution >= 0.6 is 0 Å². The van der Waals surface area contributed by atoms with Crippen molar-refractivity contribution in [3.8, 4) is 0 Å². The molecule has 1 nitrogen and oxygen atoms in total. The van der Waals surface area contributed by atoms with Crippen molar-refractivity contribution in [3.05, 3.63) is 95.7 Å². The van der Waals surface area contributed by atoms with Crippen LogP contribution in [0.5, 0.6) is 0 Å². The Labute approximate surface area is 129 Å². The summed E-state index contributed by atoms with van der Waals surface area (Å²) in [7, 11) is 0. The lowest BCUT2D eigenvalue weighted by Crippen LogP contribution is -2.13. The molecule has 5 rings (SSSR count). The highest BCUT2D eigenvalue weighted by Gasteiger charge is 2.38. The average Bonchev–Trinajstić information content (AvgIpc) is 3.13. The normalized spacial score (nSPS) is 18.8. The molecule has 1 heteroatoms. The van der Waals surface area contributed by atoms with Crippen molar-refractivity contribution in [1.82, 2.24) is 0 Å². The number of rotatable bonds is 1. The second-order valence-electron chi connectivity index (χ2n) is 6.06. The lowest BCUT2D eigenvalue weighted by Gasteiger charge is -2.11. The molecule has 104 valence electrons. The van der Waals surface area contributed by atoms with Gasteiger partial charge in [0.25, 0.3) is 0 Å². The maximum absolute atomic E-state index is 2.40. The van der Waals surface area contributed by atoms with E-state index in [9.17, 15) is 0 Å². The summed E-state index contributed by atoms with van der Waals surface area (Å²) in [5.41, 5.74) is 5.69. The van der Waals surface area contributed by atoms with Gasteiger partial charge in [0.15, 0.2) is 12.7 Å². The van der Waals surface area contributed by atoms with Gasteiger partial charge in [-0.3, -0.25) is 0 Å². The highest BCUT2D eigenvalue weighted by molar-refractivity contribution is 6.08. The van der Waals surface area contributed by atoms with Gasteiger partial charge in [0.1, 0.15) is 0 Å². The lowest BCUT2D eigenvalue weighted by molar-refractivity contribution is -0.466. The molecule has 22 heavy (non-hydrogen) atoms. The van der Waals surface area contributed by atoms with Gasteiger partial charge in [-0.1, -0.05) is 60.7 Å². The first-order chi connectivity index (χ1) is 10.9. The Bertz CT molecular complexity index is 957. The van der Waals surface area contributed by atoms with Gasteiger partial charge in [-0.15, -0.1) is 0 Å². The van der Waals surface area contributed by atoms with Gasteiger partial charge in [0.2, 0.25) is 5.71 Å². The molecule has 2 aliphatic heterocycles. The Kier molecular flexibility index (Phi) is 2.39. The molecule has 0 aliphatic carbocycles. The van der Waals surface area contributed by atoms with Crippen molar-refractivity contribution in [2.75, 3.05) is 0 Å². The molecule has 1 unspecified atom stereocenters. The van der Waals surface area contributed by atoms with Crippen molar-refractivity contribution >= 4 is 16.5 Å². The summed E-state index contributed by atoms with van der Waals surface area (Å²) < 4.78 is 2.40. The average molecular weight is 282 g/mol. The van der Waals surface area contributed by atoms with E-state index >= 15 is 0 Å². The Hall–Kier alpha value is -2.67. The zero-order valence-electron chi connectivity index (χ0n) is 12.2. The quantitative estimate of drug-likeness (QED) is 0.579. The van der Waals surface area contributed by atoms with E-state index in [1.54, 1.807) is 0 Å². The zero-order valence-corrected chi connectivity index (χ0v) is 12.2. The Morgan fingerprint density at radius 3 is 2.64 bits per heavy atom. The fraction of sp³-hybridized carbons (Fsp3) is 0.0952. The summed E-state index contributed by atoms with van der Waals surface area (Å²) in [5, 5.41) is 2.68. The molecule has 0 saturated carbocycles. The minimum Gasteiger partial charge on any atom is -0.197 e. The molecule has 0 aromatic heterocycles. The number of allylic oxidation sites excluding steroid dienone is 1. The molecule has 0 saturated heterocycles. The van der Waals surface area contributed by atoms with Crippen LogP contribution in [0, 0.1) is 0 Å². The molecule has 0 spiro atoms. The SMILES string of the molecule is C1=C[N+]2=C(c3ccccc3C2)C1c1cccc2ccccc12. The molecule has 0 fully saturated rings. The monoisotopic (exact) mass is 282 g/mol. The zero-order chi connectivity index (χ0) is 14.5. The maximum Gasteiger partial charge on any atom is 0.201 e. The molecule has 0 bridgehead atoms. The van der Waals surface area contributed by atoms with Crippen molar-refractivity contribution < 1.29 is 4.58 Å². The van der Waals surface area contributed by atoms with Crippen LogP contribution in [0.2, 0.25) is 0 Å². The summed E-state index contributed by atoms with van der Waals surface area (Å²) in [6.45, 7) is 1.00. The minimum atomic E-state index is 0.356. The van der Waals surface area contributed by atoms with E-state index < -0.39 is 0 Å². The number of hydrogen-bond donors (Lipinski definition) is 0. The van der Waals surface area contributed by atoms with E-state index in [0.717, 1.165) is 6.54 Å². The van der Waals surface area contributed by atoms with E-state index in [4.69, 9.17) is 0 Å². The number of nitrogens with zero attached hydrogens (tertiary/aromatic N) is 1. The molecular formula is C21H16N+. The number of hydrogen-bond acceptors (Lipinski definition) is 0. The molecule has 2 heterocycles. The lowest BCUT2D eigenvalue weighted by atomic mass is 9.87. The first-order valence-electron chi connectivity index (χ1n) is 7.79. The molecular weight excluding hydrogens is 266 g/mol. The van der Waals surface area contributed by atoms with Crippen LogP contribution in [0.15, 0.2) is 79.0 Å². The smallest absolute Gasteiger partial charge is 0.197 e. The maximum atomic E-state index is 2.40. The van der Waals surface area contributed by atoms with Gasteiger partial charge in [0.05, 0.1) is 11.5 Å².